The van der Waals surface area contributed by atoms with Gasteiger partial charge in [-0.3, -0.25) is 4.79 Å². The van der Waals surface area contributed by atoms with Crippen molar-refractivity contribution >= 4 is 21.7 Å². The molecule has 0 radical (unpaired) electrons. The second-order valence-corrected chi connectivity index (χ2v) is 10.8. The molecule has 3 heterocycles. The normalized spacial score (nSPS) is 23.2. The Morgan fingerprint density at radius 1 is 1.10 bits per heavy atom. The molecule has 1 aromatic rings. The molecular weight excluding hydrogens is 400 g/mol. The average molecular weight is 433 g/mol. The summed E-state index contributed by atoms with van der Waals surface area (Å²) in [7, 11) is -3.41. The number of carbonyl (C=O) groups excluding carboxylic acids is 1. The first-order chi connectivity index (χ1) is 14.4. The Labute approximate surface area is 179 Å². The number of nitrogens with zero attached hydrogens (tertiary/aromatic N) is 4. The topological polar surface area (TPSA) is 83.5 Å². The van der Waals surface area contributed by atoms with Gasteiger partial charge in [0.2, 0.25) is 11.9 Å². The van der Waals surface area contributed by atoms with E-state index in [1.54, 1.807) is 0 Å². The molecule has 2 fully saturated rings. The maximum atomic E-state index is 12.6. The lowest BCUT2D eigenvalue weighted by Gasteiger charge is -2.33. The third-order valence-electron chi connectivity index (χ3n) is 6.59. The zero-order valence-electron chi connectivity index (χ0n) is 17.8. The smallest absolute Gasteiger partial charge is 0.225 e. The minimum atomic E-state index is -3.41. The van der Waals surface area contributed by atoms with Crippen molar-refractivity contribution in [2.24, 2.45) is 5.92 Å². The number of hydrogen-bond acceptors (Lipinski definition) is 6. The first kappa shape index (κ1) is 21.3. The average Bonchev–Trinajstić information content (AvgIpc) is 3.26. The Balaban J connectivity index is 1.48. The molecule has 1 unspecified atom stereocenters. The number of allylic oxidation sites excluding steroid dienone is 2. The third kappa shape index (κ3) is 4.85. The van der Waals surface area contributed by atoms with E-state index < -0.39 is 9.84 Å². The predicted molar refractivity (Wildman–Crippen MR) is 116 cm³/mol. The lowest BCUT2D eigenvalue weighted by atomic mass is 9.92. The number of hydrogen-bond donors (Lipinski definition) is 0. The fourth-order valence-corrected chi connectivity index (χ4v) is 5.66. The summed E-state index contributed by atoms with van der Waals surface area (Å²) in [6.07, 6.45) is 14.7. The maximum Gasteiger partial charge on any atom is 0.225 e. The summed E-state index contributed by atoms with van der Waals surface area (Å²) in [6, 6.07) is 0. The molecule has 4 rings (SSSR count). The van der Waals surface area contributed by atoms with Crippen LogP contribution in [0.4, 0.5) is 5.95 Å². The fourth-order valence-electron chi connectivity index (χ4n) is 4.82. The first-order valence-electron chi connectivity index (χ1n) is 11.2. The van der Waals surface area contributed by atoms with E-state index in [0.717, 1.165) is 51.6 Å². The van der Waals surface area contributed by atoms with Crippen LogP contribution in [0.3, 0.4) is 0 Å². The molecule has 2 saturated heterocycles. The van der Waals surface area contributed by atoms with Crippen LogP contribution in [0.2, 0.25) is 0 Å². The second-order valence-electron chi connectivity index (χ2n) is 8.86. The molecule has 7 nitrogen and oxygen atoms in total. The van der Waals surface area contributed by atoms with Crippen LogP contribution >= 0.6 is 0 Å². The molecule has 0 aromatic carbocycles. The molecule has 0 bridgehead atoms. The number of sulfone groups is 1. The summed E-state index contributed by atoms with van der Waals surface area (Å²) in [5.41, 5.74) is 0.638. The van der Waals surface area contributed by atoms with Crippen LogP contribution < -0.4 is 4.90 Å². The molecular formula is C22H32N4O3S. The molecule has 1 amide bonds. The van der Waals surface area contributed by atoms with Gasteiger partial charge in [-0.2, -0.15) is 0 Å². The zero-order valence-corrected chi connectivity index (χ0v) is 18.6. The molecule has 1 aliphatic carbocycles. The van der Waals surface area contributed by atoms with Crippen LogP contribution in [0.25, 0.3) is 0 Å². The Morgan fingerprint density at radius 3 is 2.47 bits per heavy atom. The number of rotatable bonds is 5. The van der Waals surface area contributed by atoms with Crippen LogP contribution in [-0.2, 0) is 14.6 Å². The summed E-state index contributed by atoms with van der Waals surface area (Å²) in [6.45, 7) is 3.15. The summed E-state index contributed by atoms with van der Waals surface area (Å²) in [5, 5.41) is 0. The van der Waals surface area contributed by atoms with Crippen LogP contribution in [0.15, 0.2) is 23.2 Å². The molecule has 0 spiro atoms. The first-order valence-corrected chi connectivity index (χ1v) is 13.1. The minimum absolute atomic E-state index is 0.0386. The van der Waals surface area contributed by atoms with Gasteiger partial charge in [0.05, 0.1) is 11.9 Å². The largest absolute Gasteiger partial charge is 0.343 e. The van der Waals surface area contributed by atoms with Gasteiger partial charge in [0.25, 0.3) is 0 Å². The van der Waals surface area contributed by atoms with Crippen LogP contribution in [-0.4, -0.2) is 61.6 Å². The fraction of sp³-hybridized carbons (Fsp3) is 0.682. The van der Waals surface area contributed by atoms with Gasteiger partial charge < -0.3 is 9.80 Å². The van der Waals surface area contributed by atoms with Crippen molar-refractivity contribution in [3.05, 3.63) is 24.0 Å². The van der Waals surface area contributed by atoms with Crippen LogP contribution in [0, 0.1) is 5.92 Å². The zero-order chi connectivity index (χ0) is 21.1. The summed E-state index contributed by atoms with van der Waals surface area (Å²) in [4.78, 5) is 26.1. The SMILES string of the molecule is CS(=O)(=O)c1cnc(N2CCCCC2)nc1C1CCN(C(=O)CC2C=CCC2)CC1. The number of amides is 1. The number of aromatic nitrogens is 2. The Bertz CT molecular complexity index is 901. The highest BCUT2D eigenvalue weighted by Crippen LogP contribution is 2.33. The number of piperidine rings is 2. The Kier molecular flexibility index (Phi) is 6.41. The molecule has 2 aliphatic heterocycles. The highest BCUT2D eigenvalue weighted by Gasteiger charge is 2.30. The van der Waals surface area contributed by atoms with E-state index in [4.69, 9.17) is 4.98 Å². The summed E-state index contributed by atoms with van der Waals surface area (Å²) >= 11 is 0. The molecule has 0 saturated carbocycles. The minimum Gasteiger partial charge on any atom is -0.343 e. The van der Waals surface area contributed by atoms with Crippen molar-refractivity contribution < 1.29 is 13.2 Å². The van der Waals surface area contributed by atoms with Gasteiger partial charge in [0.1, 0.15) is 4.90 Å². The van der Waals surface area contributed by atoms with E-state index in [-0.39, 0.29) is 16.7 Å². The monoisotopic (exact) mass is 432 g/mol. The second kappa shape index (κ2) is 9.04. The molecule has 30 heavy (non-hydrogen) atoms. The van der Waals surface area contributed by atoms with Gasteiger partial charge >= 0.3 is 0 Å². The van der Waals surface area contributed by atoms with Gasteiger partial charge in [-0.25, -0.2) is 18.4 Å². The van der Waals surface area contributed by atoms with Crippen LogP contribution in [0.1, 0.15) is 63.0 Å². The molecule has 1 atom stereocenters. The van der Waals surface area contributed by atoms with Crippen molar-refractivity contribution in [3.63, 3.8) is 0 Å². The molecule has 1 aromatic heterocycles. The van der Waals surface area contributed by atoms with Gasteiger partial charge in [0.15, 0.2) is 9.84 Å². The van der Waals surface area contributed by atoms with E-state index in [9.17, 15) is 13.2 Å². The number of likely N-dealkylation sites (tertiary alicyclic amines) is 1. The van der Waals surface area contributed by atoms with E-state index in [0.29, 0.717) is 37.1 Å². The van der Waals surface area contributed by atoms with E-state index in [1.165, 1.54) is 18.9 Å². The summed E-state index contributed by atoms with van der Waals surface area (Å²) in [5.74, 6) is 1.27. The van der Waals surface area contributed by atoms with Crippen molar-refractivity contribution in [1.29, 1.82) is 0 Å². The molecule has 8 heteroatoms. The Hall–Kier alpha value is -1.96. The van der Waals surface area contributed by atoms with Crippen molar-refractivity contribution in [1.82, 2.24) is 14.9 Å². The quantitative estimate of drug-likeness (QED) is 0.665. The number of carbonyl (C=O) groups is 1. The van der Waals surface area contributed by atoms with E-state index in [1.807, 2.05) is 4.90 Å². The lowest BCUT2D eigenvalue weighted by molar-refractivity contribution is -0.132. The lowest BCUT2D eigenvalue weighted by Crippen LogP contribution is -2.39. The van der Waals surface area contributed by atoms with Crippen LogP contribution in [0.5, 0.6) is 0 Å². The van der Waals surface area contributed by atoms with E-state index in [2.05, 4.69) is 22.0 Å². The molecule has 0 N–H and O–H groups in total. The van der Waals surface area contributed by atoms with Crippen molar-refractivity contribution in [2.75, 3.05) is 37.3 Å². The highest BCUT2D eigenvalue weighted by molar-refractivity contribution is 7.90. The van der Waals surface area contributed by atoms with E-state index >= 15 is 0 Å². The highest BCUT2D eigenvalue weighted by atomic mass is 32.2. The molecule has 164 valence electrons. The van der Waals surface area contributed by atoms with Crippen molar-refractivity contribution in [2.45, 2.75) is 62.2 Å². The predicted octanol–water partition coefficient (Wildman–Crippen LogP) is 2.93. The van der Waals surface area contributed by atoms with Crippen molar-refractivity contribution in [3.8, 4) is 0 Å². The van der Waals surface area contributed by atoms with Gasteiger partial charge in [-0.1, -0.05) is 12.2 Å². The third-order valence-corrected chi connectivity index (χ3v) is 7.71. The van der Waals surface area contributed by atoms with Gasteiger partial charge in [-0.05, 0) is 50.9 Å². The standard InChI is InChI=1S/C22H32N4O3S/c1-30(28,29)19-16-23-22(26-11-5-2-6-12-26)24-21(19)18-9-13-25(14-10-18)20(27)15-17-7-3-4-8-17/h3,7,16-18H,2,4-6,8-15H2,1H3. The number of anilines is 1. The maximum absolute atomic E-state index is 12.6. The van der Waals surface area contributed by atoms with Gasteiger partial charge in [-0.15, -0.1) is 0 Å². The Morgan fingerprint density at radius 2 is 1.83 bits per heavy atom. The van der Waals surface area contributed by atoms with Gasteiger partial charge in [0, 0.05) is 44.8 Å². The summed E-state index contributed by atoms with van der Waals surface area (Å²) < 4.78 is 24.8. The molecule has 3 aliphatic rings.